The molecule has 0 N–H and O–H groups in total. The zero-order chi connectivity index (χ0) is 17.1. The van der Waals surface area contributed by atoms with Gasteiger partial charge in [0.1, 0.15) is 5.69 Å². The minimum absolute atomic E-state index is 0.236. The standard InChI is InChI=1S/C17H21N3O3S/c1-17(2,3)16-19-15(20-23-16)13-8-14(24(21,22)11-6-7-11)12(9-18-13)10-4-5-10/h8-11H,4-7H2,1-3H3. The first-order chi connectivity index (χ1) is 11.3. The molecule has 0 aromatic carbocycles. The number of aromatic nitrogens is 3. The van der Waals surface area contributed by atoms with Gasteiger partial charge in [-0.15, -0.1) is 0 Å². The average Bonchev–Trinajstić information content (AvgIpc) is 3.43. The van der Waals surface area contributed by atoms with Crippen molar-refractivity contribution in [1.29, 1.82) is 0 Å². The molecule has 0 radical (unpaired) electrons. The molecule has 0 unspecified atom stereocenters. The quantitative estimate of drug-likeness (QED) is 0.844. The van der Waals surface area contributed by atoms with Crippen LogP contribution in [0.5, 0.6) is 0 Å². The lowest BCUT2D eigenvalue weighted by atomic mass is 9.97. The van der Waals surface area contributed by atoms with Crippen molar-refractivity contribution in [1.82, 2.24) is 15.1 Å². The molecule has 2 aromatic heterocycles. The highest BCUT2D eigenvalue weighted by molar-refractivity contribution is 7.92. The Kier molecular flexibility index (Phi) is 3.36. The van der Waals surface area contributed by atoms with E-state index in [4.69, 9.17) is 4.52 Å². The van der Waals surface area contributed by atoms with E-state index in [1.807, 2.05) is 20.8 Å². The van der Waals surface area contributed by atoms with Crippen LogP contribution in [0.2, 0.25) is 0 Å². The van der Waals surface area contributed by atoms with E-state index in [1.54, 1.807) is 12.3 Å². The molecule has 0 aliphatic heterocycles. The Morgan fingerprint density at radius 2 is 1.88 bits per heavy atom. The molecule has 128 valence electrons. The SMILES string of the molecule is CC(C)(C)c1nc(-c2cc(S(=O)(=O)C3CC3)c(C3CC3)cn2)no1. The van der Waals surface area contributed by atoms with E-state index in [-0.39, 0.29) is 10.7 Å². The maximum atomic E-state index is 12.8. The van der Waals surface area contributed by atoms with Crippen LogP contribution in [-0.4, -0.2) is 28.8 Å². The monoisotopic (exact) mass is 347 g/mol. The Labute approximate surface area is 141 Å². The molecule has 2 aliphatic rings. The van der Waals surface area contributed by atoms with E-state index < -0.39 is 9.84 Å². The van der Waals surface area contributed by atoms with E-state index in [9.17, 15) is 8.42 Å². The van der Waals surface area contributed by atoms with Gasteiger partial charge in [-0.05, 0) is 43.2 Å². The topological polar surface area (TPSA) is 86.0 Å². The number of hydrogen-bond donors (Lipinski definition) is 0. The molecule has 2 heterocycles. The minimum Gasteiger partial charge on any atom is -0.338 e. The number of rotatable bonds is 4. The highest BCUT2D eigenvalue weighted by Crippen LogP contribution is 2.45. The van der Waals surface area contributed by atoms with Crippen molar-refractivity contribution in [2.75, 3.05) is 0 Å². The van der Waals surface area contributed by atoms with E-state index in [2.05, 4.69) is 15.1 Å². The maximum absolute atomic E-state index is 12.8. The summed E-state index contributed by atoms with van der Waals surface area (Å²) in [5.74, 6) is 1.18. The lowest BCUT2D eigenvalue weighted by molar-refractivity contribution is 0.321. The second-order valence-electron chi connectivity index (χ2n) is 7.80. The molecule has 7 heteroatoms. The molecule has 0 spiro atoms. The van der Waals surface area contributed by atoms with Gasteiger partial charge in [-0.1, -0.05) is 25.9 Å². The molecule has 2 fully saturated rings. The van der Waals surface area contributed by atoms with Gasteiger partial charge in [0.2, 0.25) is 11.7 Å². The number of hydrogen-bond acceptors (Lipinski definition) is 6. The highest BCUT2D eigenvalue weighted by Gasteiger charge is 2.41. The second kappa shape index (κ2) is 5.12. The Balaban J connectivity index is 1.79. The zero-order valence-corrected chi connectivity index (χ0v) is 14.9. The van der Waals surface area contributed by atoms with Gasteiger partial charge in [0.25, 0.3) is 0 Å². The molecule has 2 saturated carbocycles. The summed E-state index contributed by atoms with van der Waals surface area (Å²) in [5.41, 5.74) is 1.05. The highest BCUT2D eigenvalue weighted by atomic mass is 32.2. The molecule has 0 bridgehead atoms. The van der Waals surface area contributed by atoms with Crippen LogP contribution in [-0.2, 0) is 15.3 Å². The van der Waals surface area contributed by atoms with Gasteiger partial charge in [-0.2, -0.15) is 4.98 Å². The normalized spacial score (nSPS) is 18.8. The van der Waals surface area contributed by atoms with Crippen molar-refractivity contribution in [3.05, 3.63) is 23.7 Å². The van der Waals surface area contributed by atoms with Crippen LogP contribution in [0.4, 0.5) is 0 Å². The van der Waals surface area contributed by atoms with Crippen LogP contribution in [0.1, 0.15) is 63.8 Å². The van der Waals surface area contributed by atoms with Gasteiger partial charge in [-0.3, -0.25) is 4.98 Å². The smallest absolute Gasteiger partial charge is 0.232 e. The maximum Gasteiger partial charge on any atom is 0.232 e. The van der Waals surface area contributed by atoms with Crippen molar-refractivity contribution >= 4 is 9.84 Å². The van der Waals surface area contributed by atoms with Crippen LogP contribution >= 0.6 is 0 Å². The third kappa shape index (κ3) is 2.75. The first-order valence-electron chi connectivity index (χ1n) is 8.35. The fourth-order valence-corrected chi connectivity index (χ4v) is 4.65. The van der Waals surface area contributed by atoms with Crippen LogP contribution in [0.15, 0.2) is 21.7 Å². The molecule has 6 nitrogen and oxygen atoms in total. The van der Waals surface area contributed by atoms with Gasteiger partial charge < -0.3 is 4.52 Å². The van der Waals surface area contributed by atoms with Gasteiger partial charge in [0, 0.05) is 11.6 Å². The van der Waals surface area contributed by atoms with E-state index in [0.29, 0.717) is 28.2 Å². The predicted octanol–water partition coefficient (Wildman–Crippen LogP) is 3.24. The number of pyridine rings is 1. The average molecular weight is 347 g/mol. The molecule has 2 aliphatic carbocycles. The largest absolute Gasteiger partial charge is 0.338 e. The van der Waals surface area contributed by atoms with Crippen LogP contribution in [0.25, 0.3) is 11.5 Å². The molecule has 0 amide bonds. The summed E-state index contributed by atoms with van der Waals surface area (Å²) in [4.78, 5) is 9.22. The van der Waals surface area contributed by atoms with Gasteiger partial charge >= 0.3 is 0 Å². The van der Waals surface area contributed by atoms with Crippen molar-refractivity contribution in [3.63, 3.8) is 0 Å². The van der Waals surface area contributed by atoms with Crippen molar-refractivity contribution in [3.8, 4) is 11.5 Å². The summed E-state index contributed by atoms with van der Waals surface area (Å²) in [6.07, 6.45) is 5.26. The molecule has 4 rings (SSSR count). The van der Waals surface area contributed by atoms with Gasteiger partial charge in [0.05, 0.1) is 10.1 Å². The number of sulfone groups is 1. The molecule has 0 saturated heterocycles. The van der Waals surface area contributed by atoms with Gasteiger partial charge in [0.15, 0.2) is 9.84 Å². The summed E-state index contributed by atoms with van der Waals surface area (Å²) < 4.78 is 30.9. The van der Waals surface area contributed by atoms with Crippen molar-refractivity contribution in [2.24, 2.45) is 0 Å². The fraction of sp³-hybridized carbons (Fsp3) is 0.588. The number of nitrogens with zero attached hydrogens (tertiary/aromatic N) is 3. The summed E-state index contributed by atoms with van der Waals surface area (Å²) in [6, 6.07) is 1.64. The molecular weight excluding hydrogens is 326 g/mol. The summed E-state index contributed by atoms with van der Waals surface area (Å²) in [6.45, 7) is 5.95. The second-order valence-corrected chi connectivity index (χ2v) is 10.00. The van der Waals surface area contributed by atoms with E-state index in [1.165, 1.54) is 0 Å². The van der Waals surface area contributed by atoms with E-state index >= 15 is 0 Å². The Morgan fingerprint density at radius 3 is 2.42 bits per heavy atom. The first-order valence-corrected chi connectivity index (χ1v) is 9.90. The Bertz CT molecular complexity index is 888. The van der Waals surface area contributed by atoms with Crippen LogP contribution < -0.4 is 0 Å². The Hall–Kier alpha value is -1.76. The Morgan fingerprint density at radius 1 is 1.17 bits per heavy atom. The first kappa shape index (κ1) is 15.7. The third-order valence-corrected chi connectivity index (χ3v) is 6.79. The lowest BCUT2D eigenvalue weighted by Crippen LogP contribution is -2.12. The summed E-state index contributed by atoms with van der Waals surface area (Å²) >= 11 is 0. The summed E-state index contributed by atoms with van der Waals surface area (Å²) in [5, 5.41) is 3.75. The zero-order valence-electron chi connectivity index (χ0n) is 14.1. The fourth-order valence-electron chi connectivity index (χ4n) is 2.71. The van der Waals surface area contributed by atoms with Crippen molar-refractivity contribution < 1.29 is 12.9 Å². The van der Waals surface area contributed by atoms with Crippen LogP contribution in [0.3, 0.4) is 0 Å². The predicted molar refractivity (Wildman–Crippen MR) is 88.4 cm³/mol. The molecular formula is C17H21N3O3S. The molecule has 2 aromatic rings. The lowest BCUT2D eigenvalue weighted by Gasteiger charge is -2.11. The van der Waals surface area contributed by atoms with Gasteiger partial charge in [-0.25, -0.2) is 8.42 Å². The minimum atomic E-state index is -3.28. The molecule has 0 atom stereocenters. The summed E-state index contributed by atoms with van der Waals surface area (Å²) in [7, 11) is -3.28. The third-order valence-electron chi connectivity index (χ3n) is 4.48. The van der Waals surface area contributed by atoms with Crippen LogP contribution in [0, 0.1) is 0 Å². The molecule has 24 heavy (non-hydrogen) atoms. The van der Waals surface area contributed by atoms with Crippen molar-refractivity contribution in [2.45, 2.75) is 67.9 Å². The van der Waals surface area contributed by atoms with E-state index in [0.717, 1.165) is 31.2 Å².